The minimum atomic E-state index is -1.36. The number of nitrogens with two attached hydrogens (primary N) is 1. The fraction of sp³-hybridized carbons (Fsp3) is 0.645. The van der Waals surface area contributed by atoms with Crippen molar-refractivity contribution >= 4 is 35.5 Å². The molecule has 2 aromatic heterocycles. The van der Waals surface area contributed by atoms with Crippen molar-refractivity contribution < 1.29 is 43.4 Å². The maximum atomic E-state index is 14.5. The zero-order valence-corrected chi connectivity index (χ0v) is 27.7. The number of oxazole rings is 1. The zero-order chi connectivity index (χ0) is 35.7. The van der Waals surface area contributed by atoms with E-state index >= 15 is 0 Å². The number of aromatic nitrogens is 4. The molecule has 0 bridgehead atoms. The first-order chi connectivity index (χ1) is 23.3. The molecule has 0 aromatic carbocycles. The highest BCUT2D eigenvalue weighted by Crippen LogP contribution is 2.33. The van der Waals surface area contributed by atoms with Crippen molar-refractivity contribution in [3.63, 3.8) is 0 Å². The number of ketones is 1. The second kappa shape index (κ2) is 16.5. The Morgan fingerprint density at radius 1 is 1.08 bits per heavy atom. The summed E-state index contributed by atoms with van der Waals surface area (Å²) in [5, 5.41) is 35.2. The number of aliphatic hydroxyl groups is 1. The lowest BCUT2D eigenvalue weighted by molar-refractivity contribution is -0.142. The van der Waals surface area contributed by atoms with Gasteiger partial charge in [0.25, 0.3) is 11.8 Å². The van der Waals surface area contributed by atoms with Crippen molar-refractivity contribution in [3.8, 4) is 0 Å². The number of nitrogens with zero attached hydrogens (tertiary/aromatic N) is 5. The molecule has 1 saturated heterocycles. The van der Waals surface area contributed by atoms with E-state index in [2.05, 4.69) is 31.2 Å². The molecule has 7 N–H and O–H groups in total. The Labute approximate surface area is 282 Å². The van der Waals surface area contributed by atoms with Crippen LogP contribution in [-0.4, -0.2) is 102 Å². The zero-order valence-electron chi connectivity index (χ0n) is 27.7. The average molecular weight is 688 g/mol. The van der Waals surface area contributed by atoms with Gasteiger partial charge in [0.05, 0.1) is 24.0 Å². The molecular formula is C31H45N9O9. The summed E-state index contributed by atoms with van der Waals surface area (Å²) in [5.74, 6) is -4.04. The summed E-state index contributed by atoms with van der Waals surface area (Å²) in [5.41, 5.74) is 4.26. The predicted octanol–water partition coefficient (Wildman–Crippen LogP) is 0.382. The molecule has 1 unspecified atom stereocenters. The summed E-state index contributed by atoms with van der Waals surface area (Å²) in [7, 11) is 0. The van der Waals surface area contributed by atoms with E-state index in [9.17, 15) is 33.9 Å². The predicted molar refractivity (Wildman–Crippen MR) is 169 cm³/mol. The van der Waals surface area contributed by atoms with Gasteiger partial charge in [-0.2, -0.15) is 0 Å². The van der Waals surface area contributed by atoms with Gasteiger partial charge in [-0.15, -0.1) is 5.10 Å². The second-order valence-electron chi connectivity index (χ2n) is 13.2. The van der Waals surface area contributed by atoms with Crippen molar-refractivity contribution in [2.24, 2.45) is 11.7 Å². The molecular weight excluding hydrogens is 642 g/mol. The van der Waals surface area contributed by atoms with Gasteiger partial charge < -0.3 is 41.2 Å². The first-order valence-corrected chi connectivity index (χ1v) is 16.5. The van der Waals surface area contributed by atoms with E-state index in [1.165, 1.54) is 15.8 Å². The fourth-order valence-corrected chi connectivity index (χ4v) is 6.55. The Kier molecular flexibility index (Phi) is 12.4. The van der Waals surface area contributed by atoms with Crippen LogP contribution in [0, 0.1) is 5.92 Å². The molecule has 2 aliphatic rings. The van der Waals surface area contributed by atoms with Crippen LogP contribution in [0.25, 0.3) is 0 Å². The molecule has 4 rings (SSSR count). The van der Waals surface area contributed by atoms with Gasteiger partial charge in [-0.25, -0.2) is 14.5 Å². The van der Waals surface area contributed by atoms with Crippen molar-refractivity contribution in [3.05, 3.63) is 30.2 Å². The number of rotatable bonds is 16. The highest BCUT2D eigenvalue weighted by Gasteiger charge is 2.45. The first-order valence-electron chi connectivity index (χ1n) is 16.5. The lowest BCUT2D eigenvalue weighted by Gasteiger charge is -2.32. The SMILES string of the molecule is CC(C)(O)c1cnnn1[C@H]1C[C@@H](C(=O)NC(CCCCNC(=O)O)C(=O)C(N)=O)N(C(=O)[C@@H](CC2CCCCC2)NC(=O)c2cocn2)C1. The molecule has 18 nitrogen and oxygen atoms in total. The Bertz CT molecular complexity index is 1480. The number of nitrogens with one attached hydrogen (secondary N) is 3. The minimum Gasteiger partial charge on any atom is -0.465 e. The first kappa shape index (κ1) is 37.0. The van der Waals surface area contributed by atoms with E-state index in [-0.39, 0.29) is 44.0 Å². The maximum Gasteiger partial charge on any atom is 0.404 e. The Morgan fingerprint density at radius 3 is 2.45 bits per heavy atom. The monoisotopic (exact) mass is 687 g/mol. The van der Waals surface area contributed by atoms with Crippen LogP contribution in [0.1, 0.15) is 100 Å². The van der Waals surface area contributed by atoms with Crippen molar-refractivity contribution in [2.45, 2.75) is 108 Å². The molecule has 0 spiro atoms. The lowest BCUT2D eigenvalue weighted by Crippen LogP contribution is -2.56. The van der Waals surface area contributed by atoms with E-state index in [0.717, 1.165) is 44.8 Å². The molecule has 2 aromatic rings. The normalized spacial score (nSPS) is 19.5. The highest BCUT2D eigenvalue weighted by atomic mass is 16.4. The van der Waals surface area contributed by atoms with Crippen LogP contribution in [0.2, 0.25) is 0 Å². The third-order valence-electron chi connectivity index (χ3n) is 9.05. The summed E-state index contributed by atoms with van der Waals surface area (Å²) in [6.07, 6.45) is 8.18. The molecule has 49 heavy (non-hydrogen) atoms. The van der Waals surface area contributed by atoms with Gasteiger partial charge in [-0.1, -0.05) is 37.3 Å². The molecule has 1 aliphatic carbocycles. The van der Waals surface area contributed by atoms with Gasteiger partial charge in [0.15, 0.2) is 12.1 Å². The molecule has 0 radical (unpaired) electrons. The van der Waals surface area contributed by atoms with Crippen molar-refractivity contribution in [1.29, 1.82) is 0 Å². The third kappa shape index (κ3) is 9.84. The smallest absolute Gasteiger partial charge is 0.404 e. The third-order valence-corrected chi connectivity index (χ3v) is 9.05. The number of likely N-dealkylation sites (tertiary alicyclic amines) is 1. The summed E-state index contributed by atoms with van der Waals surface area (Å²) in [4.78, 5) is 82.2. The van der Waals surface area contributed by atoms with E-state index in [1.807, 2.05) is 0 Å². The van der Waals surface area contributed by atoms with Gasteiger partial charge >= 0.3 is 6.09 Å². The molecule has 1 aliphatic heterocycles. The van der Waals surface area contributed by atoms with Gasteiger partial charge in [-0.3, -0.25) is 24.0 Å². The van der Waals surface area contributed by atoms with Crippen LogP contribution in [0.3, 0.4) is 0 Å². The largest absolute Gasteiger partial charge is 0.465 e. The number of carbonyl (C=O) groups excluding carboxylic acids is 5. The van der Waals surface area contributed by atoms with Crippen LogP contribution in [0.15, 0.2) is 23.3 Å². The van der Waals surface area contributed by atoms with E-state index in [1.54, 1.807) is 13.8 Å². The van der Waals surface area contributed by atoms with Gasteiger partial charge in [0.1, 0.15) is 23.9 Å². The standard InChI is InChI=1S/C31H45N9O9/c1-31(2,48)24-14-35-38-40(24)19-13-23(28(44)36-20(25(41)26(32)42)10-6-7-11-33-30(46)47)39(15-19)29(45)21(12-18-8-4-3-5-9-18)37-27(43)22-16-49-17-34-22/h14,16-21,23,33,48H,3-13,15H2,1-2H3,(H2,32,42)(H,36,44)(H,37,43)(H,46,47)/t19-,20?,21+,23-/m0/s1. The van der Waals surface area contributed by atoms with E-state index in [4.69, 9.17) is 15.3 Å². The number of carboxylic acid groups (broad SMARTS) is 1. The number of primary amides is 1. The van der Waals surface area contributed by atoms with Crippen LogP contribution in [-0.2, 0) is 24.8 Å². The molecule has 18 heteroatoms. The number of hydrogen-bond donors (Lipinski definition) is 6. The van der Waals surface area contributed by atoms with Crippen LogP contribution < -0.4 is 21.7 Å². The Hall–Kier alpha value is -4.87. The fourth-order valence-electron chi connectivity index (χ4n) is 6.55. The summed E-state index contributed by atoms with van der Waals surface area (Å²) >= 11 is 0. The molecule has 3 heterocycles. The molecule has 1 saturated carbocycles. The molecule has 4 atom stereocenters. The van der Waals surface area contributed by atoms with E-state index < -0.39 is 65.3 Å². The van der Waals surface area contributed by atoms with Crippen LogP contribution in [0.5, 0.6) is 0 Å². The molecule has 268 valence electrons. The number of hydrogen-bond acceptors (Lipinski definition) is 11. The number of unbranched alkanes of at least 4 members (excludes halogenated alkanes) is 1. The summed E-state index contributed by atoms with van der Waals surface area (Å²) < 4.78 is 6.41. The Balaban J connectivity index is 1.62. The van der Waals surface area contributed by atoms with E-state index in [0.29, 0.717) is 18.5 Å². The average Bonchev–Trinajstić information content (AvgIpc) is 3.84. The van der Waals surface area contributed by atoms with Crippen molar-refractivity contribution in [1.82, 2.24) is 40.8 Å². The van der Waals surface area contributed by atoms with Crippen LogP contribution in [0.4, 0.5) is 4.79 Å². The number of amides is 5. The van der Waals surface area contributed by atoms with Gasteiger partial charge in [0, 0.05) is 19.5 Å². The second-order valence-corrected chi connectivity index (χ2v) is 13.2. The molecule has 2 fully saturated rings. The van der Waals surface area contributed by atoms with Crippen LogP contribution >= 0.6 is 0 Å². The van der Waals surface area contributed by atoms with Gasteiger partial charge in [-0.05, 0) is 45.4 Å². The minimum absolute atomic E-state index is 0.0110. The highest BCUT2D eigenvalue weighted by molar-refractivity contribution is 6.37. The number of Topliss-reactive ketones (excluding diaryl/α,β-unsaturated/α-hetero) is 1. The lowest BCUT2D eigenvalue weighted by atomic mass is 9.84. The quantitative estimate of drug-likeness (QED) is 0.103. The summed E-state index contributed by atoms with van der Waals surface area (Å²) in [6.45, 7) is 3.16. The Morgan fingerprint density at radius 2 is 1.82 bits per heavy atom. The number of carbonyl (C=O) groups is 6. The topological polar surface area (TPSA) is 265 Å². The van der Waals surface area contributed by atoms with Gasteiger partial charge in [0.2, 0.25) is 17.6 Å². The molecule has 5 amide bonds. The van der Waals surface area contributed by atoms with Crippen molar-refractivity contribution in [2.75, 3.05) is 13.1 Å². The maximum absolute atomic E-state index is 14.5. The summed E-state index contributed by atoms with van der Waals surface area (Å²) in [6, 6.07) is -4.16.